The van der Waals surface area contributed by atoms with Gasteiger partial charge in [0, 0.05) is 6.92 Å². The van der Waals surface area contributed by atoms with E-state index in [0.717, 1.165) is 0 Å². The van der Waals surface area contributed by atoms with Gasteiger partial charge in [0.15, 0.2) is 0 Å². The van der Waals surface area contributed by atoms with Crippen molar-refractivity contribution in [2.75, 3.05) is 0 Å². The molecule has 0 radical (unpaired) electrons. The van der Waals surface area contributed by atoms with Gasteiger partial charge in [0.05, 0.1) is 5.92 Å². The number of nitrogens with one attached hydrogen (secondary N) is 1. The number of carbonyl (C=O) groups is 2. The number of hydrogen-bond donors (Lipinski definition) is 2. The van der Waals surface area contributed by atoms with Crippen molar-refractivity contribution in [2.45, 2.75) is 46.6 Å². The molecule has 0 aromatic carbocycles. The minimum absolute atomic E-state index is 0.282. The lowest BCUT2D eigenvalue weighted by Gasteiger charge is -2.17. The standard InChI is InChI=1S/C10H19NO5/c1-5-8(12)11-10(14)16-7(4)15-9(13)6(2)3/h6-8,12H,5H2,1-4H3,(H,11,14). The second-order valence-corrected chi connectivity index (χ2v) is 3.63. The van der Waals surface area contributed by atoms with Gasteiger partial charge in [-0.25, -0.2) is 4.79 Å². The monoisotopic (exact) mass is 233 g/mol. The van der Waals surface area contributed by atoms with E-state index in [2.05, 4.69) is 5.32 Å². The summed E-state index contributed by atoms with van der Waals surface area (Å²) in [6, 6.07) is 0. The van der Waals surface area contributed by atoms with Crippen LogP contribution in [0.5, 0.6) is 0 Å². The van der Waals surface area contributed by atoms with Gasteiger partial charge in [-0.2, -0.15) is 0 Å². The Balaban J connectivity index is 3.91. The Morgan fingerprint density at radius 2 is 1.81 bits per heavy atom. The second-order valence-electron chi connectivity index (χ2n) is 3.63. The molecule has 0 saturated carbocycles. The molecule has 0 aromatic heterocycles. The van der Waals surface area contributed by atoms with Crippen molar-refractivity contribution in [2.24, 2.45) is 5.92 Å². The van der Waals surface area contributed by atoms with E-state index < -0.39 is 24.6 Å². The Morgan fingerprint density at radius 3 is 2.25 bits per heavy atom. The first kappa shape index (κ1) is 14.7. The number of aliphatic hydroxyl groups excluding tert-OH is 1. The Kier molecular flexibility index (Phi) is 6.48. The first-order valence-corrected chi connectivity index (χ1v) is 5.22. The highest BCUT2D eigenvalue weighted by atomic mass is 16.7. The minimum Gasteiger partial charge on any atom is -0.425 e. The van der Waals surface area contributed by atoms with Crippen LogP contribution < -0.4 is 5.32 Å². The summed E-state index contributed by atoms with van der Waals surface area (Å²) in [4.78, 5) is 22.2. The Bertz CT molecular complexity index is 241. The van der Waals surface area contributed by atoms with Crippen molar-refractivity contribution in [3.63, 3.8) is 0 Å². The number of rotatable bonds is 5. The molecule has 1 amide bonds. The molecule has 6 nitrogen and oxygen atoms in total. The largest absolute Gasteiger partial charge is 0.425 e. The summed E-state index contributed by atoms with van der Waals surface area (Å²) in [5.41, 5.74) is 0. The molecule has 0 aliphatic heterocycles. The van der Waals surface area contributed by atoms with Gasteiger partial charge < -0.3 is 14.6 Å². The highest BCUT2D eigenvalue weighted by Crippen LogP contribution is 2.02. The molecule has 0 fully saturated rings. The number of aliphatic hydroxyl groups is 1. The molecule has 0 bridgehead atoms. The molecule has 0 aliphatic rings. The molecule has 0 rings (SSSR count). The van der Waals surface area contributed by atoms with Gasteiger partial charge in [0.25, 0.3) is 0 Å². The molecule has 6 heteroatoms. The van der Waals surface area contributed by atoms with Gasteiger partial charge in [-0.05, 0) is 6.42 Å². The van der Waals surface area contributed by atoms with Gasteiger partial charge in [0.1, 0.15) is 6.23 Å². The number of esters is 1. The van der Waals surface area contributed by atoms with Gasteiger partial charge in [0.2, 0.25) is 6.29 Å². The van der Waals surface area contributed by atoms with Crippen molar-refractivity contribution >= 4 is 12.1 Å². The molecule has 0 spiro atoms. The Labute approximate surface area is 94.9 Å². The molecule has 0 aliphatic carbocycles. The molecule has 16 heavy (non-hydrogen) atoms. The first-order valence-electron chi connectivity index (χ1n) is 5.22. The zero-order chi connectivity index (χ0) is 12.7. The summed E-state index contributed by atoms with van der Waals surface area (Å²) in [6.45, 7) is 6.48. The molecular formula is C10H19NO5. The zero-order valence-electron chi connectivity index (χ0n) is 10.0. The van der Waals surface area contributed by atoms with Crippen LogP contribution in [0, 0.1) is 5.92 Å². The number of alkyl carbamates (subject to hydrolysis) is 1. The van der Waals surface area contributed by atoms with Crippen molar-refractivity contribution in [3.05, 3.63) is 0 Å². The molecule has 2 N–H and O–H groups in total. The Hall–Kier alpha value is -1.30. The third-order valence-corrected chi connectivity index (χ3v) is 1.70. The summed E-state index contributed by atoms with van der Waals surface area (Å²) in [7, 11) is 0. The van der Waals surface area contributed by atoms with Crippen LogP contribution in [0.4, 0.5) is 4.79 Å². The quantitative estimate of drug-likeness (QED) is 0.546. The fraction of sp³-hybridized carbons (Fsp3) is 0.800. The summed E-state index contributed by atoms with van der Waals surface area (Å²) < 4.78 is 9.48. The van der Waals surface area contributed by atoms with Crippen LogP contribution in [0.15, 0.2) is 0 Å². The van der Waals surface area contributed by atoms with Crippen molar-refractivity contribution in [1.29, 1.82) is 0 Å². The third kappa shape index (κ3) is 6.23. The maximum absolute atomic E-state index is 11.1. The number of carbonyl (C=O) groups excluding carboxylic acids is 2. The van der Waals surface area contributed by atoms with Crippen LogP contribution in [-0.4, -0.2) is 29.7 Å². The average Bonchev–Trinajstić information content (AvgIpc) is 2.16. The summed E-state index contributed by atoms with van der Waals surface area (Å²) in [5.74, 6) is -0.730. The highest BCUT2D eigenvalue weighted by molar-refractivity contribution is 5.72. The average molecular weight is 233 g/mol. The van der Waals surface area contributed by atoms with Gasteiger partial charge >= 0.3 is 12.1 Å². The number of ether oxygens (including phenoxy) is 2. The summed E-state index contributed by atoms with van der Waals surface area (Å²) >= 11 is 0. The Morgan fingerprint density at radius 1 is 1.25 bits per heavy atom. The molecule has 0 heterocycles. The van der Waals surface area contributed by atoms with Gasteiger partial charge in [-0.1, -0.05) is 20.8 Å². The van der Waals surface area contributed by atoms with Crippen LogP contribution in [0.25, 0.3) is 0 Å². The first-order chi connectivity index (χ1) is 7.36. The van der Waals surface area contributed by atoms with E-state index in [9.17, 15) is 9.59 Å². The maximum Gasteiger partial charge on any atom is 0.412 e. The van der Waals surface area contributed by atoms with Crippen molar-refractivity contribution in [1.82, 2.24) is 5.32 Å². The fourth-order valence-corrected chi connectivity index (χ4v) is 0.747. The fourth-order valence-electron chi connectivity index (χ4n) is 0.747. The smallest absolute Gasteiger partial charge is 0.412 e. The lowest BCUT2D eigenvalue weighted by molar-refractivity contribution is -0.168. The predicted octanol–water partition coefficient (Wildman–Crippen LogP) is 0.986. The molecular weight excluding hydrogens is 214 g/mol. The number of amides is 1. The van der Waals surface area contributed by atoms with Gasteiger partial charge in [-0.3, -0.25) is 10.1 Å². The topological polar surface area (TPSA) is 84.9 Å². The van der Waals surface area contributed by atoms with E-state index in [1.165, 1.54) is 6.92 Å². The van der Waals surface area contributed by atoms with E-state index in [0.29, 0.717) is 6.42 Å². The minimum atomic E-state index is -0.973. The SMILES string of the molecule is CCC(O)NC(=O)OC(C)OC(=O)C(C)C. The predicted molar refractivity (Wildman–Crippen MR) is 56.3 cm³/mol. The molecule has 0 aromatic rings. The van der Waals surface area contributed by atoms with Crippen LogP contribution in [0.1, 0.15) is 34.1 Å². The van der Waals surface area contributed by atoms with Crippen LogP contribution >= 0.6 is 0 Å². The molecule has 0 saturated heterocycles. The van der Waals surface area contributed by atoms with Crippen LogP contribution in [-0.2, 0) is 14.3 Å². The van der Waals surface area contributed by atoms with Gasteiger partial charge in [-0.15, -0.1) is 0 Å². The maximum atomic E-state index is 11.1. The van der Waals surface area contributed by atoms with E-state index in [1.807, 2.05) is 0 Å². The van der Waals surface area contributed by atoms with E-state index in [-0.39, 0.29) is 5.92 Å². The normalized spacial score (nSPS) is 14.1. The van der Waals surface area contributed by atoms with E-state index >= 15 is 0 Å². The lowest BCUT2D eigenvalue weighted by atomic mass is 10.2. The second kappa shape index (κ2) is 7.05. The third-order valence-electron chi connectivity index (χ3n) is 1.70. The van der Waals surface area contributed by atoms with E-state index in [1.54, 1.807) is 20.8 Å². The lowest BCUT2D eigenvalue weighted by Crippen LogP contribution is -2.37. The summed E-state index contributed by atoms with van der Waals surface area (Å²) in [5, 5.41) is 11.3. The van der Waals surface area contributed by atoms with Crippen molar-refractivity contribution < 1.29 is 24.2 Å². The number of hydrogen-bond acceptors (Lipinski definition) is 5. The van der Waals surface area contributed by atoms with Crippen LogP contribution in [0.2, 0.25) is 0 Å². The van der Waals surface area contributed by atoms with Crippen molar-refractivity contribution in [3.8, 4) is 0 Å². The molecule has 2 atom stereocenters. The van der Waals surface area contributed by atoms with E-state index in [4.69, 9.17) is 14.6 Å². The van der Waals surface area contributed by atoms with Crippen LogP contribution in [0.3, 0.4) is 0 Å². The summed E-state index contributed by atoms with van der Waals surface area (Å²) in [6.07, 6.45) is -2.38. The highest BCUT2D eigenvalue weighted by Gasteiger charge is 2.17. The molecule has 2 unspecified atom stereocenters. The zero-order valence-corrected chi connectivity index (χ0v) is 10.0. The molecule has 94 valence electrons.